The SMILES string of the molecule is CCC[CH2][SnH2][c]1cccnc1. The Hall–Kier alpha value is -0.0513. The van der Waals surface area contributed by atoms with Crippen molar-refractivity contribution in [2.75, 3.05) is 0 Å². The summed E-state index contributed by atoms with van der Waals surface area (Å²) in [4.78, 5) is 4.12. The molecule has 0 atom stereocenters. The molecule has 0 unspecified atom stereocenters. The summed E-state index contributed by atoms with van der Waals surface area (Å²) in [5.74, 6) is 0. The van der Waals surface area contributed by atoms with Crippen molar-refractivity contribution in [2.24, 2.45) is 0 Å². The first-order chi connectivity index (χ1) is 5.43. The van der Waals surface area contributed by atoms with E-state index in [0.29, 0.717) is 0 Å². The maximum atomic E-state index is 4.12. The molecule has 0 saturated heterocycles. The fourth-order valence-corrected chi connectivity index (χ4v) is 5.96. The van der Waals surface area contributed by atoms with Crippen molar-refractivity contribution in [3.05, 3.63) is 24.5 Å². The average molecular weight is 256 g/mol. The van der Waals surface area contributed by atoms with Crippen LogP contribution in [0, 0.1) is 0 Å². The summed E-state index contributed by atoms with van der Waals surface area (Å²) in [7, 11) is 0. The first-order valence-corrected chi connectivity index (χ1v) is 9.19. The summed E-state index contributed by atoms with van der Waals surface area (Å²) >= 11 is -0.582. The van der Waals surface area contributed by atoms with Crippen LogP contribution < -0.4 is 3.58 Å². The van der Waals surface area contributed by atoms with Crippen LogP contribution in [0.4, 0.5) is 0 Å². The van der Waals surface area contributed by atoms with Gasteiger partial charge in [-0.05, 0) is 0 Å². The van der Waals surface area contributed by atoms with Crippen LogP contribution in [0.15, 0.2) is 24.5 Å². The van der Waals surface area contributed by atoms with Crippen LogP contribution in [0.5, 0.6) is 0 Å². The van der Waals surface area contributed by atoms with Gasteiger partial charge in [-0.25, -0.2) is 0 Å². The van der Waals surface area contributed by atoms with Crippen molar-refractivity contribution in [3.8, 4) is 0 Å². The number of unbranched alkanes of at least 4 members (excludes halogenated alkanes) is 1. The first-order valence-electron chi connectivity index (χ1n) is 4.32. The van der Waals surface area contributed by atoms with Gasteiger partial charge < -0.3 is 0 Å². The van der Waals surface area contributed by atoms with Crippen molar-refractivity contribution in [3.63, 3.8) is 0 Å². The van der Waals surface area contributed by atoms with E-state index in [4.69, 9.17) is 0 Å². The predicted octanol–water partition coefficient (Wildman–Crippen LogP) is 1.09. The fraction of sp³-hybridized carbons (Fsp3) is 0.444. The van der Waals surface area contributed by atoms with E-state index < -0.39 is 21.1 Å². The number of hydrogen-bond acceptors (Lipinski definition) is 1. The fourth-order valence-electron chi connectivity index (χ4n) is 1.13. The summed E-state index contributed by atoms with van der Waals surface area (Å²) in [6, 6.07) is 4.29. The molecule has 0 aromatic carbocycles. The normalized spacial score (nSPS) is 11.0. The Morgan fingerprint density at radius 1 is 1.55 bits per heavy atom. The Balaban J connectivity index is 2.28. The summed E-state index contributed by atoms with van der Waals surface area (Å²) in [6.45, 7) is 2.26. The van der Waals surface area contributed by atoms with Gasteiger partial charge in [0.15, 0.2) is 0 Å². The molecular weight excluding hydrogens is 241 g/mol. The summed E-state index contributed by atoms with van der Waals surface area (Å²) in [5, 5.41) is 0. The van der Waals surface area contributed by atoms with Crippen LogP contribution in [-0.4, -0.2) is 26.1 Å². The molecule has 1 nitrogen and oxygen atoms in total. The third-order valence-corrected chi connectivity index (χ3v) is 7.07. The number of hydrogen-bond donors (Lipinski definition) is 0. The zero-order chi connectivity index (χ0) is 7.94. The first kappa shape index (κ1) is 9.04. The second-order valence-corrected chi connectivity index (χ2v) is 8.59. The summed E-state index contributed by atoms with van der Waals surface area (Å²) in [5.41, 5.74) is 0. The molecule has 0 fully saturated rings. The minimum absolute atomic E-state index is 0.582. The van der Waals surface area contributed by atoms with E-state index >= 15 is 0 Å². The van der Waals surface area contributed by atoms with Gasteiger partial charge in [-0.1, -0.05) is 0 Å². The van der Waals surface area contributed by atoms with Crippen molar-refractivity contribution in [1.29, 1.82) is 0 Å². The Bertz CT molecular complexity index is 186. The Morgan fingerprint density at radius 2 is 2.45 bits per heavy atom. The zero-order valence-electron chi connectivity index (χ0n) is 7.09. The minimum atomic E-state index is -0.582. The average Bonchev–Trinajstić information content (AvgIpc) is 2.07. The third-order valence-electron chi connectivity index (χ3n) is 1.79. The van der Waals surface area contributed by atoms with Gasteiger partial charge in [0.2, 0.25) is 0 Å². The molecule has 0 aliphatic heterocycles. The van der Waals surface area contributed by atoms with E-state index in [0.717, 1.165) is 0 Å². The molecule has 60 valence electrons. The van der Waals surface area contributed by atoms with Crippen molar-refractivity contribution in [1.82, 2.24) is 4.98 Å². The molecule has 0 radical (unpaired) electrons. The van der Waals surface area contributed by atoms with E-state index in [1.807, 2.05) is 12.4 Å². The van der Waals surface area contributed by atoms with Crippen molar-refractivity contribution >= 4 is 24.7 Å². The van der Waals surface area contributed by atoms with Crippen LogP contribution >= 0.6 is 0 Å². The van der Waals surface area contributed by atoms with Crippen molar-refractivity contribution in [2.45, 2.75) is 24.2 Å². The Kier molecular flexibility index (Phi) is 4.59. The zero-order valence-corrected chi connectivity index (χ0v) is 11.1. The molecule has 0 bridgehead atoms. The number of pyridine rings is 1. The predicted molar refractivity (Wildman–Crippen MR) is 52.1 cm³/mol. The monoisotopic (exact) mass is 257 g/mol. The molecule has 0 aliphatic carbocycles. The van der Waals surface area contributed by atoms with Gasteiger partial charge in [0.05, 0.1) is 0 Å². The second kappa shape index (κ2) is 5.58. The summed E-state index contributed by atoms with van der Waals surface area (Å²) in [6.07, 6.45) is 6.67. The van der Waals surface area contributed by atoms with Gasteiger partial charge in [0.25, 0.3) is 0 Å². The molecule has 0 spiro atoms. The summed E-state index contributed by atoms with van der Waals surface area (Å²) < 4.78 is 3.08. The molecule has 0 aliphatic rings. The van der Waals surface area contributed by atoms with Gasteiger partial charge in [0, 0.05) is 0 Å². The molecule has 0 saturated carbocycles. The molecular formula is C9H15NSn. The van der Waals surface area contributed by atoms with E-state index in [9.17, 15) is 0 Å². The van der Waals surface area contributed by atoms with Crippen LogP contribution in [-0.2, 0) is 0 Å². The number of nitrogens with zero attached hydrogens (tertiary/aromatic N) is 1. The standard InChI is InChI=1S/C5H4N.C4H9.Sn.2H/c1-2-4-6-5-3-1;1-3-4-2;;;/h1-2,4-5H;1,3-4H2,2H3;;;. The number of aromatic nitrogens is 1. The Morgan fingerprint density at radius 3 is 3.09 bits per heavy atom. The van der Waals surface area contributed by atoms with E-state index in [-0.39, 0.29) is 0 Å². The molecule has 1 heterocycles. The second-order valence-electron chi connectivity index (χ2n) is 2.82. The van der Waals surface area contributed by atoms with Gasteiger partial charge in [-0.3, -0.25) is 0 Å². The van der Waals surface area contributed by atoms with Crippen LogP contribution in [0.3, 0.4) is 0 Å². The van der Waals surface area contributed by atoms with Gasteiger partial charge in [-0.15, -0.1) is 0 Å². The van der Waals surface area contributed by atoms with Crippen LogP contribution in [0.2, 0.25) is 4.44 Å². The van der Waals surface area contributed by atoms with Gasteiger partial charge in [0.1, 0.15) is 0 Å². The van der Waals surface area contributed by atoms with E-state index in [2.05, 4.69) is 24.0 Å². The number of rotatable bonds is 4. The molecule has 1 aromatic rings. The Labute approximate surface area is 78.5 Å². The van der Waals surface area contributed by atoms with Crippen molar-refractivity contribution < 1.29 is 0 Å². The third kappa shape index (κ3) is 3.75. The molecule has 1 aromatic heterocycles. The van der Waals surface area contributed by atoms with Crippen LogP contribution in [0.1, 0.15) is 19.8 Å². The molecule has 0 N–H and O–H groups in total. The van der Waals surface area contributed by atoms with Gasteiger partial charge in [-0.2, -0.15) is 0 Å². The van der Waals surface area contributed by atoms with Crippen LogP contribution in [0.25, 0.3) is 0 Å². The quantitative estimate of drug-likeness (QED) is 0.580. The maximum absolute atomic E-state index is 4.12. The molecule has 11 heavy (non-hydrogen) atoms. The van der Waals surface area contributed by atoms with E-state index in [1.165, 1.54) is 17.3 Å². The van der Waals surface area contributed by atoms with Gasteiger partial charge >= 0.3 is 78.4 Å². The molecule has 1 rings (SSSR count). The van der Waals surface area contributed by atoms with E-state index in [1.54, 1.807) is 3.58 Å². The molecule has 0 amide bonds. The topological polar surface area (TPSA) is 12.9 Å². The molecule has 2 heteroatoms.